The number of H-pyrrole nitrogens is 1. The number of carbonyl (C=O) groups is 3. The number of para-hydroxylation sites is 1. The number of nitrogens with one attached hydrogen (secondary N) is 2. The normalized spacial score (nSPS) is 26.4. The van der Waals surface area contributed by atoms with Crippen LogP contribution in [0.4, 0.5) is 24.5 Å². The molecule has 2 bridgehead atoms. The van der Waals surface area contributed by atoms with E-state index in [2.05, 4.69) is 10.3 Å². The number of hydrogen-bond donors (Lipinski definition) is 2. The smallest absolute Gasteiger partial charge is 0.418 e. The molecule has 1 aromatic heterocycles. The molecule has 0 spiro atoms. The van der Waals surface area contributed by atoms with Crippen molar-refractivity contribution in [1.29, 1.82) is 0 Å². The average molecular weight is 722 g/mol. The lowest BCUT2D eigenvalue weighted by molar-refractivity contribution is -0.137. The van der Waals surface area contributed by atoms with Gasteiger partial charge in [-0.2, -0.15) is 13.2 Å². The monoisotopic (exact) mass is 721 g/mol. The standard InChI is InChI=1S/C36H30F3N3O6S2/c1-16-7-10-18(11-8-16)42-33(44)28-19-14-20(29(28)34(42)45)30-27(19)26(31-32(49-30)41-35(46)50-31)17-9-12-23(24(13-17)47-2)48-15-25(43)40-22-6-4-3-5-21(22)36(37,38)39/h3-13,19-20,26-30H,14-15H2,1-2H3,(H,40,43)(H,41,46)/t19-,20-,26-,27?,28?,29?,30?/m1/s1. The average Bonchev–Trinajstić information content (AvgIpc) is 3.82. The van der Waals surface area contributed by atoms with Crippen LogP contribution in [0.3, 0.4) is 0 Å². The number of alkyl halides is 3. The van der Waals surface area contributed by atoms with Gasteiger partial charge in [0.15, 0.2) is 18.1 Å². The number of fused-ring (bicyclic) bond motifs is 9. The third-order valence-electron chi connectivity index (χ3n) is 10.4. The Hall–Kier alpha value is -4.56. The SMILES string of the molecule is COc1cc([C@H]2c3sc(=O)[nH]c3SC3C2[C@H]2C[C@@H]3C3C(=O)N(c4ccc(C)cc4)C(=O)C32)ccc1OCC(=O)Nc1ccccc1C(F)(F)F. The van der Waals surface area contributed by atoms with Crippen molar-refractivity contribution in [3.8, 4) is 11.5 Å². The fourth-order valence-corrected chi connectivity index (χ4v) is 11.4. The summed E-state index contributed by atoms with van der Waals surface area (Å²) >= 11 is 2.72. The molecule has 50 heavy (non-hydrogen) atoms. The molecule has 258 valence electrons. The molecule has 14 heteroatoms. The molecule has 4 unspecified atom stereocenters. The van der Waals surface area contributed by atoms with Gasteiger partial charge in [-0.05, 0) is 73.1 Å². The summed E-state index contributed by atoms with van der Waals surface area (Å²) in [7, 11) is 1.44. The lowest BCUT2D eigenvalue weighted by Crippen LogP contribution is -2.42. The summed E-state index contributed by atoms with van der Waals surface area (Å²) in [6, 6.07) is 17.3. The van der Waals surface area contributed by atoms with E-state index in [0.717, 1.165) is 44.9 Å². The van der Waals surface area contributed by atoms with Crippen molar-refractivity contribution in [2.24, 2.45) is 29.6 Å². The van der Waals surface area contributed by atoms with Gasteiger partial charge in [0.1, 0.15) is 0 Å². The maximum absolute atomic E-state index is 14.0. The van der Waals surface area contributed by atoms with Gasteiger partial charge in [0.2, 0.25) is 11.8 Å². The third kappa shape index (κ3) is 5.22. The Balaban J connectivity index is 1.07. The topological polar surface area (TPSA) is 118 Å². The number of nitrogens with zero attached hydrogens (tertiary/aromatic N) is 1. The first-order chi connectivity index (χ1) is 23.9. The van der Waals surface area contributed by atoms with E-state index < -0.39 is 36.1 Å². The molecule has 4 aliphatic rings. The fraction of sp³-hybridized carbons (Fsp3) is 0.333. The summed E-state index contributed by atoms with van der Waals surface area (Å²) in [5, 5.41) is 3.02. The van der Waals surface area contributed by atoms with Gasteiger partial charge in [0.25, 0.3) is 5.91 Å². The second kappa shape index (κ2) is 12.0. The third-order valence-corrected chi connectivity index (χ3v) is 13.0. The second-order valence-corrected chi connectivity index (χ2v) is 15.3. The minimum Gasteiger partial charge on any atom is -0.493 e. The van der Waals surface area contributed by atoms with E-state index in [1.807, 2.05) is 37.3 Å². The van der Waals surface area contributed by atoms with E-state index in [4.69, 9.17) is 9.47 Å². The zero-order valence-corrected chi connectivity index (χ0v) is 28.3. The van der Waals surface area contributed by atoms with Crippen LogP contribution in [0, 0.1) is 36.5 Å². The number of ether oxygens (including phenoxy) is 2. The summed E-state index contributed by atoms with van der Waals surface area (Å²) in [5.41, 5.74) is 1.08. The first kappa shape index (κ1) is 32.6. The number of aromatic nitrogens is 1. The molecule has 7 atom stereocenters. The summed E-state index contributed by atoms with van der Waals surface area (Å²) in [6.45, 7) is 1.38. The number of rotatable bonds is 7. The fourth-order valence-electron chi connectivity index (χ4n) is 8.50. The van der Waals surface area contributed by atoms with Crippen LogP contribution >= 0.6 is 23.1 Å². The summed E-state index contributed by atoms with van der Waals surface area (Å²) < 4.78 is 51.6. The minimum atomic E-state index is -4.64. The molecule has 2 aliphatic carbocycles. The Kier molecular flexibility index (Phi) is 7.86. The number of aryl methyl sites for hydroxylation is 1. The van der Waals surface area contributed by atoms with Gasteiger partial charge in [0.05, 0.1) is 40.9 Å². The molecule has 3 aromatic carbocycles. The Bertz CT molecular complexity index is 2100. The van der Waals surface area contributed by atoms with Gasteiger partial charge in [0, 0.05) is 16.0 Å². The molecule has 1 saturated heterocycles. The number of imide groups is 1. The van der Waals surface area contributed by atoms with Gasteiger partial charge in [-0.25, -0.2) is 0 Å². The van der Waals surface area contributed by atoms with Crippen LogP contribution in [-0.4, -0.2) is 41.7 Å². The predicted molar refractivity (Wildman–Crippen MR) is 181 cm³/mol. The van der Waals surface area contributed by atoms with Gasteiger partial charge in [-0.15, -0.1) is 11.8 Å². The van der Waals surface area contributed by atoms with Crippen LogP contribution in [0.2, 0.25) is 0 Å². The van der Waals surface area contributed by atoms with E-state index in [0.29, 0.717) is 11.4 Å². The van der Waals surface area contributed by atoms with Crippen molar-refractivity contribution in [2.45, 2.75) is 35.7 Å². The van der Waals surface area contributed by atoms with Crippen molar-refractivity contribution in [3.63, 3.8) is 0 Å². The van der Waals surface area contributed by atoms with Crippen molar-refractivity contribution < 1.29 is 37.0 Å². The maximum atomic E-state index is 14.0. The molecule has 3 fully saturated rings. The minimum absolute atomic E-state index is 0.0103. The van der Waals surface area contributed by atoms with Crippen molar-refractivity contribution in [1.82, 2.24) is 4.98 Å². The molecule has 2 N–H and O–H groups in total. The molecule has 2 saturated carbocycles. The van der Waals surface area contributed by atoms with E-state index in [1.54, 1.807) is 23.9 Å². The first-order valence-electron chi connectivity index (χ1n) is 16.1. The van der Waals surface area contributed by atoms with Crippen molar-refractivity contribution >= 4 is 52.2 Å². The highest BCUT2D eigenvalue weighted by Crippen LogP contribution is 2.68. The maximum Gasteiger partial charge on any atom is 0.418 e. The van der Waals surface area contributed by atoms with Crippen LogP contribution in [0.25, 0.3) is 0 Å². The number of carbonyl (C=O) groups excluding carboxylic acids is 3. The lowest BCUT2D eigenvalue weighted by Gasteiger charge is -2.43. The Labute approximate surface area is 292 Å². The highest BCUT2D eigenvalue weighted by Gasteiger charge is 2.69. The van der Waals surface area contributed by atoms with Crippen LogP contribution in [0.1, 0.15) is 33.9 Å². The molecule has 4 aromatic rings. The zero-order chi connectivity index (χ0) is 35.1. The largest absolute Gasteiger partial charge is 0.493 e. The van der Waals surface area contributed by atoms with Gasteiger partial charge in [-0.1, -0.05) is 47.2 Å². The van der Waals surface area contributed by atoms with Crippen LogP contribution in [0.15, 0.2) is 76.6 Å². The van der Waals surface area contributed by atoms with E-state index in [-0.39, 0.29) is 57.0 Å². The van der Waals surface area contributed by atoms with Gasteiger partial charge < -0.3 is 19.8 Å². The number of benzene rings is 3. The number of amides is 3. The zero-order valence-electron chi connectivity index (χ0n) is 26.7. The quantitative estimate of drug-likeness (QED) is 0.210. The van der Waals surface area contributed by atoms with Crippen molar-refractivity contribution in [2.75, 3.05) is 23.9 Å². The Morgan fingerprint density at radius 2 is 1.70 bits per heavy atom. The van der Waals surface area contributed by atoms with Crippen LogP contribution in [0.5, 0.6) is 11.5 Å². The van der Waals surface area contributed by atoms with Crippen molar-refractivity contribution in [3.05, 3.63) is 98.0 Å². The number of thioether (sulfide) groups is 1. The number of hydrogen-bond acceptors (Lipinski definition) is 8. The Morgan fingerprint density at radius 1 is 0.980 bits per heavy atom. The van der Waals surface area contributed by atoms with Gasteiger partial charge in [-0.3, -0.25) is 24.1 Å². The predicted octanol–water partition coefficient (Wildman–Crippen LogP) is 6.47. The number of halogens is 3. The van der Waals surface area contributed by atoms with E-state index >= 15 is 0 Å². The molecule has 0 radical (unpaired) electrons. The Morgan fingerprint density at radius 3 is 2.42 bits per heavy atom. The highest BCUT2D eigenvalue weighted by atomic mass is 32.2. The van der Waals surface area contributed by atoms with Crippen LogP contribution in [-0.2, 0) is 20.6 Å². The number of thiazole rings is 1. The number of anilines is 2. The molecular formula is C36H30F3N3O6S2. The lowest BCUT2D eigenvalue weighted by atomic mass is 9.68. The molecule has 3 amide bonds. The number of aromatic amines is 1. The second-order valence-electron chi connectivity index (χ2n) is 13.1. The number of methoxy groups -OCH3 is 1. The summed E-state index contributed by atoms with van der Waals surface area (Å²) in [4.78, 5) is 58.2. The first-order valence-corrected chi connectivity index (χ1v) is 17.7. The summed E-state index contributed by atoms with van der Waals surface area (Å²) in [5.74, 6) is -1.96. The molecule has 2 aliphatic heterocycles. The summed E-state index contributed by atoms with van der Waals surface area (Å²) in [6.07, 6.45) is -3.91. The highest BCUT2D eigenvalue weighted by molar-refractivity contribution is 8.00. The molecule has 8 rings (SSSR count). The molecule has 9 nitrogen and oxygen atoms in total. The van der Waals surface area contributed by atoms with E-state index in [9.17, 15) is 32.3 Å². The van der Waals surface area contributed by atoms with Crippen LogP contribution < -0.4 is 24.6 Å². The molecular weight excluding hydrogens is 692 g/mol. The van der Waals surface area contributed by atoms with E-state index in [1.165, 1.54) is 30.2 Å². The van der Waals surface area contributed by atoms with Gasteiger partial charge >= 0.3 is 11.0 Å². The molecule has 3 heterocycles.